The van der Waals surface area contributed by atoms with E-state index in [1.165, 1.54) is 17.7 Å². The maximum absolute atomic E-state index is 5.93. The van der Waals surface area contributed by atoms with Crippen LogP contribution in [0, 0.1) is 17.3 Å². The largest absolute Gasteiger partial charge is 0.457 e. The fourth-order valence-corrected chi connectivity index (χ4v) is 3.72. The molecule has 0 radical (unpaired) electrons. The quantitative estimate of drug-likeness (QED) is 0.723. The first kappa shape index (κ1) is 17.8. The van der Waals surface area contributed by atoms with E-state index >= 15 is 0 Å². The molecule has 1 aliphatic carbocycles. The number of rotatable bonds is 7. The van der Waals surface area contributed by atoms with E-state index in [4.69, 9.17) is 4.74 Å². The second-order valence-corrected chi connectivity index (χ2v) is 7.99. The van der Waals surface area contributed by atoms with Crippen molar-refractivity contribution in [2.45, 2.75) is 34.2 Å². The van der Waals surface area contributed by atoms with Crippen LogP contribution in [0.2, 0.25) is 0 Å². The Bertz CT molecular complexity index is 729. The zero-order valence-corrected chi connectivity index (χ0v) is 15.8. The molecule has 0 unspecified atom stereocenters. The minimum absolute atomic E-state index is 0.450. The molecule has 2 atom stereocenters. The van der Waals surface area contributed by atoms with E-state index in [1.54, 1.807) is 0 Å². The second-order valence-electron chi connectivity index (χ2n) is 7.99. The van der Waals surface area contributed by atoms with Crippen molar-refractivity contribution in [3.63, 3.8) is 0 Å². The minimum Gasteiger partial charge on any atom is -0.457 e. The molecule has 1 aliphatic rings. The van der Waals surface area contributed by atoms with Crippen molar-refractivity contribution in [3.8, 4) is 11.5 Å². The third-order valence-corrected chi connectivity index (χ3v) is 5.33. The Morgan fingerprint density at radius 1 is 1.04 bits per heavy atom. The highest BCUT2D eigenvalue weighted by molar-refractivity contribution is 5.33. The first-order chi connectivity index (χ1) is 12.0. The lowest BCUT2D eigenvalue weighted by molar-refractivity contribution is -0.674. The van der Waals surface area contributed by atoms with Crippen molar-refractivity contribution in [1.29, 1.82) is 0 Å². The molecule has 2 aromatic rings. The van der Waals surface area contributed by atoms with Crippen molar-refractivity contribution in [3.05, 3.63) is 71.8 Å². The highest BCUT2D eigenvalue weighted by atomic mass is 16.5. The van der Waals surface area contributed by atoms with Crippen LogP contribution in [0.4, 0.5) is 0 Å². The Kier molecular flexibility index (Phi) is 5.29. The van der Waals surface area contributed by atoms with Gasteiger partial charge in [-0.05, 0) is 49.4 Å². The van der Waals surface area contributed by atoms with Crippen LogP contribution in [0.3, 0.4) is 0 Å². The fourth-order valence-electron chi connectivity index (χ4n) is 3.72. The number of benzene rings is 2. The molecule has 2 aromatic carbocycles. The Hall–Kier alpha value is -2.06. The standard InChI is InChI=1S/C23H29NO/c1-17(2)13-21-22(23(21,3)4)16-24-15-18-9-8-12-20(14-18)25-19-10-6-5-7-11-19/h5-14,21-22,24H,15-16H2,1-4H3/p+1/t21-,22+/m0/s1. The van der Waals surface area contributed by atoms with E-state index in [1.807, 2.05) is 36.4 Å². The smallest absolute Gasteiger partial charge is 0.127 e. The summed E-state index contributed by atoms with van der Waals surface area (Å²) in [5, 5.41) is 2.44. The van der Waals surface area contributed by atoms with Gasteiger partial charge in [0.1, 0.15) is 18.0 Å². The maximum Gasteiger partial charge on any atom is 0.127 e. The van der Waals surface area contributed by atoms with Crippen LogP contribution in [0.5, 0.6) is 11.5 Å². The summed E-state index contributed by atoms with van der Waals surface area (Å²) in [6.45, 7) is 11.4. The van der Waals surface area contributed by atoms with E-state index in [2.05, 4.69) is 57.3 Å². The van der Waals surface area contributed by atoms with Crippen LogP contribution in [0.1, 0.15) is 33.3 Å². The van der Waals surface area contributed by atoms with Gasteiger partial charge < -0.3 is 10.1 Å². The Balaban J connectivity index is 1.53. The summed E-state index contributed by atoms with van der Waals surface area (Å²) in [6.07, 6.45) is 2.45. The Morgan fingerprint density at radius 2 is 1.76 bits per heavy atom. The van der Waals surface area contributed by atoms with Crippen molar-refractivity contribution in [2.75, 3.05) is 6.54 Å². The highest BCUT2D eigenvalue weighted by Gasteiger charge is 2.56. The molecular formula is C23H30NO+. The molecule has 0 aromatic heterocycles. The molecule has 0 heterocycles. The molecular weight excluding hydrogens is 306 g/mol. The molecule has 2 heteroatoms. The average Bonchev–Trinajstić information content (AvgIpc) is 3.08. The van der Waals surface area contributed by atoms with Gasteiger partial charge in [-0.3, -0.25) is 0 Å². The predicted octanol–water partition coefficient (Wildman–Crippen LogP) is 4.78. The van der Waals surface area contributed by atoms with Gasteiger partial charge in [0.2, 0.25) is 0 Å². The number of hydrogen-bond acceptors (Lipinski definition) is 1. The molecule has 1 saturated carbocycles. The van der Waals surface area contributed by atoms with E-state index in [0.717, 1.165) is 29.9 Å². The lowest BCUT2D eigenvalue weighted by Gasteiger charge is -2.07. The van der Waals surface area contributed by atoms with E-state index in [-0.39, 0.29) is 0 Å². The predicted molar refractivity (Wildman–Crippen MR) is 104 cm³/mol. The number of hydrogen-bond donors (Lipinski definition) is 1. The monoisotopic (exact) mass is 336 g/mol. The number of nitrogens with two attached hydrogens (primary N) is 1. The summed E-state index contributed by atoms with van der Waals surface area (Å²) in [6, 6.07) is 18.4. The molecule has 0 saturated heterocycles. The van der Waals surface area contributed by atoms with Gasteiger partial charge in [-0.2, -0.15) is 0 Å². The van der Waals surface area contributed by atoms with Gasteiger partial charge in [0.25, 0.3) is 0 Å². The van der Waals surface area contributed by atoms with Gasteiger partial charge in [0.05, 0.1) is 6.54 Å². The van der Waals surface area contributed by atoms with E-state index < -0.39 is 0 Å². The third kappa shape index (κ3) is 4.52. The van der Waals surface area contributed by atoms with Gasteiger partial charge in [-0.1, -0.05) is 55.8 Å². The molecule has 0 aliphatic heterocycles. The highest BCUT2D eigenvalue weighted by Crippen LogP contribution is 2.58. The summed E-state index contributed by atoms with van der Waals surface area (Å²) in [5.41, 5.74) is 3.20. The average molecular weight is 336 g/mol. The van der Waals surface area contributed by atoms with E-state index in [0.29, 0.717) is 5.41 Å². The normalized spacial score (nSPS) is 20.8. The molecule has 2 N–H and O–H groups in total. The molecule has 3 rings (SSSR count). The molecule has 0 amide bonds. The van der Waals surface area contributed by atoms with Crippen molar-refractivity contribution >= 4 is 0 Å². The van der Waals surface area contributed by atoms with Crippen molar-refractivity contribution in [2.24, 2.45) is 17.3 Å². The summed E-state index contributed by atoms with van der Waals surface area (Å²) >= 11 is 0. The summed E-state index contributed by atoms with van der Waals surface area (Å²) in [5.74, 6) is 3.31. The van der Waals surface area contributed by atoms with Gasteiger partial charge in [-0.15, -0.1) is 0 Å². The zero-order chi connectivity index (χ0) is 17.9. The molecule has 132 valence electrons. The Morgan fingerprint density at radius 3 is 2.48 bits per heavy atom. The Labute approximate surface area is 151 Å². The fraction of sp³-hybridized carbons (Fsp3) is 0.391. The topological polar surface area (TPSA) is 25.8 Å². The van der Waals surface area contributed by atoms with Crippen LogP contribution < -0.4 is 10.1 Å². The summed E-state index contributed by atoms with van der Waals surface area (Å²) < 4.78 is 5.93. The molecule has 0 bridgehead atoms. The molecule has 2 nitrogen and oxygen atoms in total. The van der Waals surface area contributed by atoms with E-state index in [9.17, 15) is 0 Å². The maximum atomic E-state index is 5.93. The lowest BCUT2D eigenvalue weighted by atomic mass is 10.1. The SMILES string of the molecule is CC(C)=C[C@H]1[C@@H](C[NH2+]Cc2cccc(Oc3ccccc3)c2)C1(C)C. The summed E-state index contributed by atoms with van der Waals surface area (Å²) in [7, 11) is 0. The van der Waals surface area contributed by atoms with Gasteiger partial charge in [-0.25, -0.2) is 0 Å². The van der Waals surface area contributed by atoms with Crippen LogP contribution in [0.15, 0.2) is 66.2 Å². The number of para-hydroxylation sites is 1. The minimum atomic E-state index is 0.450. The van der Waals surface area contributed by atoms with Crippen LogP contribution in [-0.4, -0.2) is 6.54 Å². The number of quaternary nitrogens is 1. The van der Waals surface area contributed by atoms with Crippen molar-refractivity contribution in [1.82, 2.24) is 0 Å². The van der Waals surface area contributed by atoms with Gasteiger partial charge >= 0.3 is 0 Å². The summed E-state index contributed by atoms with van der Waals surface area (Å²) in [4.78, 5) is 0. The number of allylic oxidation sites excluding steroid dienone is 2. The van der Waals surface area contributed by atoms with Crippen LogP contribution in [-0.2, 0) is 6.54 Å². The first-order valence-electron chi connectivity index (χ1n) is 9.25. The second kappa shape index (κ2) is 7.45. The van der Waals surface area contributed by atoms with Gasteiger partial charge in [0.15, 0.2) is 0 Å². The van der Waals surface area contributed by atoms with Crippen LogP contribution in [0.25, 0.3) is 0 Å². The molecule has 1 fully saturated rings. The molecule has 0 spiro atoms. The van der Waals surface area contributed by atoms with Crippen molar-refractivity contribution < 1.29 is 10.1 Å². The zero-order valence-electron chi connectivity index (χ0n) is 15.8. The molecule has 25 heavy (non-hydrogen) atoms. The first-order valence-corrected chi connectivity index (χ1v) is 9.25. The van der Waals surface area contributed by atoms with Crippen LogP contribution >= 0.6 is 0 Å². The van der Waals surface area contributed by atoms with Gasteiger partial charge in [0, 0.05) is 11.5 Å². The third-order valence-electron chi connectivity index (χ3n) is 5.33. The number of ether oxygens (including phenoxy) is 1. The lowest BCUT2D eigenvalue weighted by Crippen LogP contribution is -2.83.